The van der Waals surface area contributed by atoms with E-state index < -0.39 is 90.3 Å². The zero-order valence-electron chi connectivity index (χ0n) is 27.4. The minimum atomic E-state index is -1.46. The van der Waals surface area contributed by atoms with Crippen LogP contribution in [0.25, 0.3) is 0 Å². The summed E-state index contributed by atoms with van der Waals surface area (Å²) in [4.78, 5) is 87.8. The fourth-order valence-corrected chi connectivity index (χ4v) is 4.35. The Morgan fingerprint density at radius 2 is 1.15 bits per heavy atom. The number of unbranched alkanes of at least 4 members (excludes halogenated alkanes) is 1. The van der Waals surface area contributed by atoms with Gasteiger partial charge in [0.15, 0.2) is 0 Å². The summed E-state index contributed by atoms with van der Waals surface area (Å²) in [6.45, 7) is 7.07. The van der Waals surface area contributed by atoms with Crippen molar-refractivity contribution in [3.63, 3.8) is 0 Å². The zero-order valence-corrected chi connectivity index (χ0v) is 28.2. The van der Waals surface area contributed by atoms with Gasteiger partial charge < -0.3 is 53.6 Å². The Labute approximate surface area is 273 Å². The average molecular weight is 677 g/mol. The van der Waals surface area contributed by atoms with Gasteiger partial charge in [0.25, 0.3) is 0 Å². The molecule has 0 aromatic heterocycles. The normalized spacial score (nSPS) is 15.6. The van der Waals surface area contributed by atoms with Crippen LogP contribution in [0.5, 0.6) is 0 Å². The molecular formula is C28H52N8O9S. The van der Waals surface area contributed by atoms with Gasteiger partial charge in [0.05, 0.1) is 12.6 Å². The molecule has 17 nitrogen and oxygen atoms in total. The highest BCUT2D eigenvalue weighted by Crippen LogP contribution is 2.06. The van der Waals surface area contributed by atoms with Crippen molar-refractivity contribution in [3.05, 3.63) is 0 Å². The van der Waals surface area contributed by atoms with Crippen LogP contribution >= 0.6 is 11.8 Å². The molecule has 0 saturated heterocycles. The summed E-state index contributed by atoms with van der Waals surface area (Å²) in [5.41, 5.74) is 11.0. The molecule has 0 saturated carbocycles. The van der Waals surface area contributed by atoms with Crippen LogP contribution in [-0.2, 0) is 33.6 Å². The first-order valence-electron chi connectivity index (χ1n) is 15.1. The number of thioether (sulfide) groups is 1. The highest BCUT2D eigenvalue weighted by Gasteiger charge is 2.32. The van der Waals surface area contributed by atoms with Crippen molar-refractivity contribution in [1.29, 1.82) is 0 Å². The molecule has 7 atom stereocenters. The van der Waals surface area contributed by atoms with E-state index >= 15 is 0 Å². The van der Waals surface area contributed by atoms with Gasteiger partial charge in [0.1, 0.15) is 36.3 Å². The number of carbonyl (C=O) groups excluding carboxylic acids is 6. The van der Waals surface area contributed by atoms with Gasteiger partial charge in [-0.15, -0.1) is 0 Å². The standard InChI is InChI=1S/C28H52N8O9S/c1-14(2)21(36-22(38)15(3)30)27(43)35-20(13-37)26(42)33-18(10-12-46-6)25(41)32-16(4)23(39)31-17(5)24(40)34-19(28(44)45)9-7-8-11-29/h14-21,37H,7-13,29-30H2,1-6H3,(H,31,39)(H,32,41)(H,33,42)(H,34,40)(H,35,43)(H,36,38)(H,44,45)/t15-,16-,17-,18-,19-,20-,21-/m0/s1. The summed E-state index contributed by atoms with van der Waals surface area (Å²) in [6.07, 6.45) is 3.16. The Kier molecular flexibility index (Phi) is 20.4. The minimum absolute atomic E-state index is 0.137. The lowest BCUT2D eigenvalue weighted by atomic mass is 10.0. The van der Waals surface area contributed by atoms with Crippen molar-refractivity contribution >= 4 is 53.2 Å². The molecule has 0 radical (unpaired) electrons. The van der Waals surface area contributed by atoms with E-state index in [0.29, 0.717) is 25.1 Å². The van der Waals surface area contributed by atoms with Gasteiger partial charge in [-0.05, 0) is 70.9 Å². The Balaban J connectivity index is 5.40. The van der Waals surface area contributed by atoms with Gasteiger partial charge in [-0.2, -0.15) is 11.8 Å². The number of carboxylic acids is 1. The van der Waals surface area contributed by atoms with E-state index in [2.05, 4.69) is 31.9 Å². The van der Waals surface area contributed by atoms with Crippen LogP contribution in [-0.4, -0.2) is 119 Å². The van der Waals surface area contributed by atoms with Crippen LogP contribution in [0, 0.1) is 5.92 Å². The maximum Gasteiger partial charge on any atom is 0.326 e. The second kappa shape index (κ2) is 22.1. The van der Waals surface area contributed by atoms with Crippen molar-refractivity contribution in [3.8, 4) is 0 Å². The smallest absolute Gasteiger partial charge is 0.326 e. The van der Waals surface area contributed by atoms with Gasteiger partial charge in [-0.25, -0.2) is 4.79 Å². The molecule has 0 aliphatic rings. The molecule has 6 amide bonds. The van der Waals surface area contributed by atoms with E-state index in [1.54, 1.807) is 20.1 Å². The fourth-order valence-electron chi connectivity index (χ4n) is 3.88. The molecule has 0 aliphatic heterocycles. The molecule has 18 heteroatoms. The average Bonchev–Trinajstić information content (AvgIpc) is 2.98. The van der Waals surface area contributed by atoms with E-state index in [1.807, 2.05) is 0 Å². The van der Waals surface area contributed by atoms with Crippen molar-refractivity contribution in [2.75, 3.05) is 25.2 Å². The molecule has 0 bridgehead atoms. The molecule has 12 N–H and O–H groups in total. The van der Waals surface area contributed by atoms with E-state index in [0.717, 1.165) is 0 Å². The third-order valence-corrected chi connectivity index (χ3v) is 7.43. The maximum atomic E-state index is 13.1. The summed E-state index contributed by atoms with van der Waals surface area (Å²) in [7, 11) is 0. The molecule has 0 aliphatic carbocycles. The second-order valence-electron chi connectivity index (χ2n) is 11.2. The molecule has 0 fully saturated rings. The molecule has 0 aromatic carbocycles. The Morgan fingerprint density at radius 1 is 0.652 bits per heavy atom. The first-order valence-corrected chi connectivity index (χ1v) is 16.5. The zero-order chi connectivity index (χ0) is 35.6. The van der Waals surface area contributed by atoms with Gasteiger partial charge in [0, 0.05) is 0 Å². The number of carbonyl (C=O) groups is 7. The van der Waals surface area contributed by atoms with Gasteiger partial charge in [-0.3, -0.25) is 28.8 Å². The third kappa shape index (κ3) is 15.7. The predicted molar refractivity (Wildman–Crippen MR) is 172 cm³/mol. The van der Waals surface area contributed by atoms with Gasteiger partial charge >= 0.3 is 5.97 Å². The first-order chi connectivity index (χ1) is 21.5. The molecule has 0 spiro atoms. The summed E-state index contributed by atoms with van der Waals surface area (Å²) in [5.74, 6) is -5.58. The summed E-state index contributed by atoms with van der Waals surface area (Å²) in [5, 5.41) is 33.8. The van der Waals surface area contributed by atoms with Crippen LogP contribution in [0.1, 0.15) is 60.3 Å². The Hall–Kier alpha value is -3.48. The van der Waals surface area contributed by atoms with Crippen molar-refractivity contribution in [2.24, 2.45) is 17.4 Å². The number of nitrogens with two attached hydrogens (primary N) is 2. The fraction of sp³-hybridized carbons (Fsp3) is 0.750. The number of aliphatic carboxylic acids is 1. The summed E-state index contributed by atoms with van der Waals surface area (Å²) >= 11 is 1.39. The lowest BCUT2D eigenvalue weighted by Gasteiger charge is -2.27. The van der Waals surface area contributed by atoms with Crippen LogP contribution in [0.15, 0.2) is 0 Å². The van der Waals surface area contributed by atoms with E-state index in [1.165, 1.54) is 32.5 Å². The monoisotopic (exact) mass is 676 g/mol. The number of carboxylic acid groups (broad SMARTS) is 1. The summed E-state index contributed by atoms with van der Waals surface area (Å²) < 4.78 is 0. The van der Waals surface area contributed by atoms with Crippen molar-refractivity contribution in [2.45, 2.75) is 103 Å². The number of rotatable bonds is 22. The van der Waals surface area contributed by atoms with Crippen molar-refractivity contribution < 1.29 is 43.8 Å². The second-order valence-corrected chi connectivity index (χ2v) is 12.2. The van der Waals surface area contributed by atoms with Crippen LogP contribution in [0.3, 0.4) is 0 Å². The largest absolute Gasteiger partial charge is 0.480 e. The number of aliphatic hydroxyl groups excluding tert-OH is 1. The topological polar surface area (TPSA) is 284 Å². The number of hydrogen-bond donors (Lipinski definition) is 10. The molecule has 0 rings (SSSR count). The lowest BCUT2D eigenvalue weighted by Crippen LogP contribution is -2.60. The highest BCUT2D eigenvalue weighted by atomic mass is 32.2. The maximum absolute atomic E-state index is 13.1. The number of nitrogens with one attached hydrogen (secondary N) is 6. The van der Waals surface area contributed by atoms with E-state index in [4.69, 9.17) is 11.5 Å². The van der Waals surface area contributed by atoms with Crippen LogP contribution in [0.2, 0.25) is 0 Å². The minimum Gasteiger partial charge on any atom is -0.480 e. The molecule has 0 aromatic rings. The quantitative estimate of drug-likeness (QED) is 0.0511. The SMILES string of the molecule is CSCC[C@H](NC(=O)[C@H](CO)NC(=O)[C@@H](NC(=O)[C@H](C)N)C(C)C)C(=O)N[C@@H](C)C(=O)N[C@@H](C)C(=O)N[C@@H](CCCCN)C(=O)O. The Bertz CT molecular complexity index is 1050. The third-order valence-electron chi connectivity index (χ3n) is 6.79. The molecule has 264 valence electrons. The van der Waals surface area contributed by atoms with Crippen LogP contribution in [0.4, 0.5) is 0 Å². The van der Waals surface area contributed by atoms with E-state index in [9.17, 15) is 43.8 Å². The molecule has 46 heavy (non-hydrogen) atoms. The predicted octanol–water partition coefficient (Wildman–Crippen LogP) is -3.10. The van der Waals surface area contributed by atoms with Crippen LogP contribution < -0.4 is 43.4 Å². The van der Waals surface area contributed by atoms with E-state index in [-0.39, 0.29) is 18.8 Å². The molecular weight excluding hydrogens is 624 g/mol. The van der Waals surface area contributed by atoms with Gasteiger partial charge in [0.2, 0.25) is 35.4 Å². The number of hydrogen-bond acceptors (Lipinski definition) is 11. The number of amides is 6. The summed E-state index contributed by atoms with van der Waals surface area (Å²) in [6, 6.07) is -8.01. The highest BCUT2D eigenvalue weighted by molar-refractivity contribution is 7.98. The first kappa shape index (κ1) is 42.5. The van der Waals surface area contributed by atoms with Crippen molar-refractivity contribution in [1.82, 2.24) is 31.9 Å². The van der Waals surface area contributed by atoms with Gasteiger partial charge in [-0.1, -0.05) is 13.8 Å². The lowest BCUT2D eigenvalue weighted by molar-refractivity contribution is -0.142. The number of aliphatic hydroxyl groups is 1. The molecule has 0 unspecified atom stereocenters. The molecule has 0 heterocycles. The Morgan fingerprint density at radius 3 is 1.63 bits per heavy atom.